The molecule has 1 heteroatoms. The number of aryl methyl sites for hydroxylation is 2. The fraction of sp³-hybridized carbons (Fsp3) is 0.417. The van der Waals surface area contributed by atoms with E-state index in [0.29, 0.717) is 5.54 Å². The van der Waals surface area contributed by atoms with E-state index in [1.807, 2.05) is 0 Å². The average Bonchev–Trinajstić information content (AvgIpc) is 2.73. The van der Waals surface area contributed by atoms with Gasteiger partial charge in [0.25, 0.3) is 0 Å². The van der Waals surface area contributed by atoms with Crippen molar-refractivity contribution in [3.05, 3.63) is 75.9 Å². The summed E-state index contributed by atoms with van der Waals surface area (Å²) in [5, 5.41) is 1.92. The van der Waals surface area contributed by atoms with E-state index in [9.17, 15) is 0 Å². The number of hydrogen-bond donors (Lipinski definition) is 0. The molecule has 0 saturated carbocycles. The van der Waals surface area contributed by atoms with Crippen molar-refractivity contribution < 1.29 is 0 Å². The van der Waals surface area contributed by atoms with Crippen LogP contribution in [0.1, 0.15) is 52.2 Å². The second-order valence-electron chi connectivity index (χ2n) is 8.49. The molecular weight excluding hydrogens is 316 g/mol. The van der Waals surface area contributed by atoms with Crippen LogP contribution in [-0.4, -0.2) is 8.80 Å². The van der Waals surface area contributed by atoms with E-state index < -0.39 is 8.80 Å². The molecule has 1 aromatic rings. The summed E-state index contributed by atoms with van der Waals surface area (Å²) >= 11 is 0. The highest BCUT2D eigenvalue weighted by Crippen LogP contribution is 2.51. The van der Waals surface area contributed by atoms with Crippen LogP contribution in [0.2, 0.25) is 10.6 Å². The van der Waals surface area contributed by atoms with E-state index in [1.165, 1.54) is 28.7 Å². The molecule has 0 fully saturated rings. The molecule has 0 radical (unpaired) electrons. The number of hydrogen-bond acceptors (Lipinski definition) is 0. The van der Waals surface area contributed by atoms with Gasteiger partial charge in [0.05, 0.1) is 8.80 Å². The van der Waals surface area contributed by atoms with Gasteiger partial charge in [-0.2, -0.15) is 0 Å². The molecule has 25 heavy (non-hydrogen) atoms. The quantitative estimate of drug-likeness (QED) is 0.581. The Morgan fingerprint density at radius 2 is 1.40 bits per heavy atom. The Morgan fingerprint density at radius 3 is 1.88 bits per heavy atom. The summed E-state index contributed by atoms with van der Waals surface area (Å²) in [5.41, 5.74) is 9.75. The van der Waals surface area contributed by atoms with Crippen molar-refractivity contribution in [1.29, 1.82) is 0 Å². The molecule has 2 aliphatic rings. The molecular formula is C24H32Si. The smallest absolute Gasteiger partial charge is 0.0840 e. The van der Waals surface area contributed by atoms with Crippen molar-refractivity contribution in [2.45, 2.75) is 65.5 Å². The van der Waals surface area contributed by atoms with E-state index >= 15 is 0 Å². The van der Waals surface area contributed by atoms with Gasteiger partial charge in [0.15, 0.2) is 0 Å². The zero-order valence-corrected chi connectivity index (χ0v) is 18.1. The highest BCUT2D eigenvalue weighted by Gasteiger charge is 2.43. The highest BCUT2D eigenvalue weighted by atomic mass is 28.3. The Labute approximate surface area is 155 Å². The normalized spacial score (nSPS) is 25.2. The van der Waals surface area contributed by atoms with E-state index in [2.05, 4.69) is 91.0 Å². The average molecular weight is 349 g/mol. The zero-order chi connectivity index (χ0) is 18.4. The summed E-state index contributed by atoms with van der Waals surface area (Å²) in [5.74, 6) is 0. The zero-order valence-electron chi connectivity index (χ0n) is 16.9. The van der Waals surface area contributed by atoms with Crippen LogP contribution in [0.3, 0.4) is 0 Å². The topological polar surface area (TPSA) is 0 Å². The van der Waals surface area contributed by atoms with Gasteiger partial charge in [-0.15, -0.1) is 0 Å². The van der Waals surface area contributed by atoms with Crippen molar-refractivity contribution in [1.82, 2.24) is 0 Å². The van der Waals surface area contributed by atoms with E-state index in [0.717, 1.165) is 0 Å². The summed E-state index contributed by atoms with van der Waals surface area (Å²) in [6.07, 6.45) is 10.5. The van der Waals surface area contributed by atoms with Gasteiger partial charge in [-0.25, -0.2) is 0 Å². The molecule has 0 nitrogen and oxygen atoms in total. The summed E-state index contributed by atoms with van der Waals surface area (Å²) in [4.78, 5) is 0. The summed E-state index contributed by atoms with van der Waals surface area (Å²) in [7, 11) is -1.34. The van der Waals surface area contributed by atoms with Gasteiger partial charge >= 0.3 is 0 Å². The first-order chi connectivity index (χ1) is 11.7. The van der Waals surface area contributed by atoms with Gasteiger partial charge in [-0.1, -0.05) is 76.9 Å². The number of allylic oxidation sites excluding steroid dienone is 8. The Balaban J connectivity index is 2.20. The van der Waals surface area contributed by atoms with Gasteiger partial charge in [-0.05, 0) is 69.7 Å². The predicted molar refractivity (Wildman–Crippen MR) is 114 cm³/mol. The molecule has 0 heterocycles. The molecule has 132 valence electrons. The van der Waals surface area contributed by atoms with Crippen molar-refractivity contribution in [3.8, 4) is 0 Å². The van der Waals surface area contributed by atoms with Gasteiger partial charge in [-0.3, -0.25) is 0 Å². The van der Waals surface area contributed by atoms with Crippen LogP contribution in [0.25, 0.3) is 0 Å². The Hall–Kier alpha value is -1.60. The van der Waals surface area contributed by atoms with Crippen molar-refractivity contribution >= 4 is 14.0 Å². The van der Waals surface area contributed by atoms with E-state index in [-0.39, 0.29) is 5.04 Å². The molecule has 3 rings (SSSR count). The largest absolute Gasteiger partial charge is 0.0921 e. The van der Waals surface area contributed by atoms with Gasteiger partial charge in [0.1, 0.15) is 0 Å². The van der Waals surface area contributed by atoms with Crippen LogP contribution in [0.4, 0.5) is 0 Å². The SMILES string of the molecule is CC1=C(C)C([SiH](c2cc(C)cc(C)c2)C2(C)C=CC=CC2)C(C)=C1C. The lowest BCUT2D eigenvalue weighted by atomic mass is 10.0. The lowest BCUT2D eigenvalue weighted by Gasteiger charge is -2.40. The molecule has 1 aromatic carbocycles. The van der Waals surface area contributed by atoms with Crippen LogP contribution in [0.15, 0.2) is 64.8 Å². The fourth-order valence-corrected chi connectivity index (χ4v) is 10.0. The van der Waals surface area contributed by atoms with Gasteiger partial charge < -0.3 is 0 Å². The minimum Gasteiger partial charge on any atom is -0.0840 e. The Morgan fingerprint density at radius 1 is 0.840 bits per heavy atom. The maximum absolute atomic E-state index is 2.51. The van der Waals surface area contributed by atoms with Crippen LogP contribution < -0.4 is 5.19 Å². The third-order valence-electron chi connectivity index (χ3n) is 6.61. The van der Waals surface area contributed by atoms with Crippen molar-refractivity contribution in [2.24, 2.45) is 0 Å². The Kier molecular flexibility index (Phi) is 4.81. The van der Waals surface area contributed by atoms with Crippen molar-refractivity contribution in [3.63, 3.8) is 0 Å². The lowest BCUT2D eigenvalue weighted by molar-refractivity contribution is 0.730. The molecule has 2 aliphatic carbocycles. The second-order valence-corrected chi connectivity index (χ2v) is 12.1. The first-order valence-corrected chi connectivity index (χ1v) is 11.3. The molecule has 0 aromatic heterocycles. The molecule has 2 atom stereocenters. The van der Waals surface area contributed by atoms with E-state index in [1.54, 1.807) is 16.3 Å². The summed E-state index contributed by atoms with van der Waals surface area (Å²) in [6, 6.07) is 7.26. The second kappa shape index (κ2) is 6.61. The van der Waals surface area contributed by atoms with Gasteiger partial charge in [0, 0.05) is 0 Å². The predicted octanol–water partition coefficient (Wildman–Crippen LogP) is 6.07. The molecule has 0 N–H and O–H groups in total. The first-order valence-electron chi connectivity index (χ1n) is 9.52. The number of benzene rings is 1. The summed E-state index contributed by atoms with van der Waals surface area (Å²) in [6.45, 7) is 16.4. The highest BCUT2D eigenvalue weighted by molar-refractivity contribution is 6.79. The van der Waals surface area contributed by atoms with Crippen LogP contribution >= 0.6 is 0 Å². The van der Waals surface area contributed by atoms with Crippen LogP contribution in [0.5, 0.6) is 0 Å². The minimum atomic E-state index is -1.34. The third-order valence-corrected chi connectivity index (χ3v) is 11.2. The first kappa shape index (κ1) is 18.2. The standard InChI is InChI=1S/C24H32Si/c1-16-13-17(2)15-22(14-16)25(24(7)11-9-8-10-12-24)23-20(5)18(3)19(4)21(23)6/h8-11,13-15,23,25H,12H2,1-7H3. The fourth-order valence-electron chi connectivity index (χ4n) is 5.00. The number of rotatable bonds is 3. The molecule has 0 aliphatic heterocycles. The van der Waals surface area contributed by atoms with Gasteiger partial charge in [0.2, 0.25) is 0 Å². The molecule has 0 bridgehead atoms. The molecule has 0 spiro atoms. The van der Waals surface area contributed by atoms with E-state index in [4.69, 9.17) is 0 Å². The Bertz CT molecular complexity index is 774. The molecule has 0 amide bonds. The molecule has 2 unspecified atom stereocenters. The third kappa shape index (κ3) is 3.15. The summed E-state index contributed by atoms with van der Waals surface area (Å²) < 4.78 is 0. The molecule has 0 saturated heterocycles. The maximum Gasteiger partial charge on any atom is 0.0921 e. The van der Waals surface area contributed by atoms with Crippen LogP contribution in [-0.2, 0) is 0 Å². The maximum atomic E-state index is 2.51. The monoisotopic (exact) mass is 348 g/mol. The van der Waals surface area contributed by atoms with Crippen LogP contribution in [0, 0.1) is 13.8 Å². The minimum absolute atomic E-state index is 0.285. The lowest BCUT2D eigenvalue weighted by Crippen LogP contribution is -2.45. The van der Waals surface area contributed by atoms with Crippen molar-refractivity contribution in [2.75, 3.05) is 0 Å².